The smallest absolute Gasteiger partial charge is 0.0603 e. The van der Waals surface area contributed by atoms with E-state index in [0.717, 1.165) is 36.0 Å². The van der Waals surface area contributed by atoms with Gasteiger partial charge in [-0.3, -0.25) is 0 Å². The van der Waals surface area contributed by atoms with Crippen LogP contribution in [0.1, 0.15) is 93.4 Å². The predicted molar refractivity (Wildman–Crippen MR) is 128 cm³/mol. The summed E-state index contributed by atoms with van der Waals surface area (Å²) in [4.78, 5) is 0. The fourth-order valence-electron chi connectivity index (χ4n) is 8.67. The van der Waals surface area contributed by atoms with E-state index in [1.165, 1.54) is 38.5 Å². The number of rotatable bonds is 4. The highest BCUT2D eigenvalue weighted by Gasteiger charge is 2.59. The molecular weight excluding hydrogens is 364 g/mol. The van der Waals surface area contributed by atoms with Crippen molar-refractivity contribution in [2.45, 2.75) is 99.5 Å². The highest BCUT2D eigenvalue weighted by Crippen LogP contribution is 2.67. The van der Waals surface area contributed by atoms with Crippen molar-refractivity contribution < 1.29 is 5.11 Å². The number of fused-ring (bicyclic) bond motifs is 5. The average molecular weight is 413 g/mol. The van der Waals surface area contributed by atoms with Crippen LogP contribution in [-0.2, 0) is 0 Å². The van der Waals surface area contributed by atoms with Crippen LogP contribution in [-0.4, -0.2) is 11.2 Å². The van der Waals surface area contributed by atoms with Gasteiger partial charge in [0.15, 0.2) is 0 Å². The van der Waals surface area contributed by atoms with Crippen LogP contribution in [0.3, 0.4) is 0 Å². The molecule has 4 aliphatic rings. The summed E-state index contributed by atoms with van der Waals surface area (Å²) in [6, 6.07) is 0. The number of aliphatic hydroxyl groups is 1. The van der Waals surface area contributed by atoms with Gasteiger partial charge in [0.05, 0.1) is 6.10 Å². The Balaban J connectivity index is 1.55. The zero-order chi connectivity index (χ0) is 21.8. The Hall–Kier alpha value is -0.560. The van der Waals surface area contributed by atoms with Crippen molar-refractivity contribution in [1.82, 2.24) is 0 Å². The normalized spacial score (nSPS) is 48.1. The molecule has 0 spiro atoms. The minimum Gasteiger partial charge on any atom is -0.393 e. The molecule has 10 atom stereocenters. The molecule has 4 aliphatic carbocycles. The van der Waals surface area contributed by atoms with E-state index < -0.39 is 0 Å². The molecule has 1 nitrogen and oxygen atoms in total. The number of hydrogen-bond acceptors (Lipinski definition) is 1. The first-order valence-electron chi connectivity index (χ1n) is 13.2. The molecule has 1 N–H and O–H groups in total. The topological polar surface area (TPSA) is 20.2 Å². The van der Waals surface area contributed by atoms with Gasteiger partial charge in [0, 0.05) is 5.92 Å². The summed E-state index contributed by atoms with van der Waals surface area (Å²) >= 11 is 0. The molecule has 0 saturated heterocycles. The molecule has 3 saturated carbocycles. The molecule has 30 heavy (non-hydrogen) atoms. The lowest BCUT2D eigenvalue weighted by molar-refractivity contribution is -0.0617. The lowest BCUT2D eigenvalue weighted by Crippen LogP contribution is -2.52. The largest absolute Gasteiger partial charge is 0.393 e. The van der Waals surface area contributed by atoms with Crippen molar-refractivity contribution >= 4 is 0 Å². The number of aliphatic hydroxyl groups excluding tert-OH is 1. The van der Waals surface area contributed by atoms with E-state index in [9.17, 15) is 5.11 Å². The Morgan fingerprint density at radius 2 is 1.70 bits per heavy atom. The highest BCUT2D eigenvalue weighted by atomic mass is 16.3. The van der Waals surface area contributed by atoms with Gasteiger partial charge in [0.2, 0.25) is 0 Å². The summed E-state index contributed by atoms with van der Waals surface area (Å²) in [5.74, 6) is 5.94. The SMILES string of the molecule is CC(C)C(C)C=C[C@@H](C)[C@H]1CC[C@H]2[C@@H]3CC=C4C(C)[C@@H](O)CC[C@]4(C)[C@H]3CC[C@]12C. The lowest BCUT2D eigenvalue weighted by atomic mass is 9.46. The molecule has 0 aromatic heterocycles. The monoisotopic (exact) mass is 412 g/mol. The minimum absolute atomic E-state index is 0.119. The van der Waals surface area contributed by atoms with Crippen LogP contribution in [0.2, 0.25) is 0 Å². The average Bonchev–Trinajstić information content (AvgIpc) is 3.06. The molecule has 4 rings (SSSR count). The van der Waals surface area contributed by atoms with E-state index in [4.69, 9.17) is 0 Å². The van der Waals surface area contributed by atoms with Gasteiger partial charge < -0.3 is 5.11 Å². The summed E-state index contributed by atoms with van der Waals surface area (Å²) in [5, 5.41) is 10.5. The maximum absolute atomic E-state index is 10.5. The standard InChI is InChI=1S/C29H48O/c1-18(2)19(3)8-9-20(4)23-12-13-25-22-10-11-24-21(5)27(30)15-17-29(24,7)26(22)14-16-28(23,25)6/h8-9,11,18-23,25-27,30H,10,12-17H2,1-7H3/t19?,20-,21?,22+,23-,25+,26+,27+,28-,29+/m1/s1. The van der Waals surface area contributed by atoms with Gasteiger partial charge in [-0.05, 0) is 97.2 Å². The molecule has 0 amide bonds. The quantitative estimate of drug-likeness (QED) is 0.470. The van der Waals surface area contributed by atoms with Crippen LogP contribution >= 0.6 is 0 Å². The van der Waals surface area contributed by atoms with E-state index >= 15 is 0 Å². The van der Waals surface area contributed by atoms with Crippen molar-refractivity contribution in [2.75, 3.05) is 0 Å². The summed E-state index contributed by atoms with van der Waals surface area (Å²) in [7, 11) is 0. The van der Waals surface area contributed by atoms with E-state index in [1.807, 2.05) is 0 Å². The molecule has 0 bridgehead atoms. The van der Waals surface area contributed by atoms with Gasteiger partial charge in [-0.2, -0.15) is 0 Å². The third kappa shape index (κ3) is 3.46. The Morgan fingerprint density at radius 1 is 0.967 bits per heavy atom. The van der Waals surface area contributed by atoms with Gasteiger partial charge in [-0.25, -0.2) is 0 Å². The molecular formula is C29H48O. The molecule has 0 radical (unpaired) electrons. The zero-order valence-corrected chi connectivity index (χ0v) is 20.8. The Bertz CT molecular complexity index is 688. The predicted octanol–water partition coefficient (Wildman–Crippen LogP) is 7.66. The van der Waals surface area contributed by atoms with Gasteiger partial charge >= 0.3 is 0 Å². The van der Waals surface area contributed by atoms with Crippen LogP contribution in [0.4, 0.5) is 0 Å². The van der Waals surface area contributed by atoms with Crippen LogP contribution < -0.4 is 0 Å². The Labute approximate surface area is 186 Å². The second-order valence-electron chi connectivity index (χ2n) is 12.7. The molecule has 0 heterocycles. The van der Waals surface area contributed by atoms with Crippen molar-refractivity contribution in [3.8, 4) is 0 Å². The Kier molecular flexibility index (Phi) is 6.10. The molecule has 2 unspecified atom stereocenters. The van der Waals surface area contributed by atoms with Crippen molar-refractivity contribution in [2.24, 2.45) is 58.2 Å². The Morgan fingerprint density at radius 3 is 2.40 bits per heavy atom. The van der Waals surface area contributed by atoms with Crippen molar-refractivity contribution in [3.05, 3.63) is 23.8 Å². The van der Waals surface area contributed by atoms with Crippen molar-refractivity contribution in [1.29, 1.82) is 0 Å². The fraction of sp³-hybridized carbons (Fsp3) is 0.862. The summed E-state index contributed by atoms with van der Waals surface area (Å²) in [5.41, 5.74) is 2.48. The molecule has 1 heteroatoms. The van der Waals surface area contributed by atoms with E-state index in [0.29, 0.717) is 28.6 Å². The van der Waals surface area contributed by atoms with Crippen molar-refractivity contribution in [3.63, 3.8) is 0 Å². The third-order valence-electron chi connectivity index (χ3n) is 11.0. The fourth-order valence-corrected chi connectivity index (χ4v) is 8.67. The van der Waals surface area contributed by atoms with Gasteiger partial charge in [-0.15, -0.1) is 0 Å². The molecule has 170 valence electrons. The first-order valence-corrected chi connectivity index (χ1v) is 13.2. The summed E-state index contributed by atoms with van der Waals surface area (Å²) < 4.78 is 0. The third-order valence-corrected chi connectivity index (χ3v) is 11.0. The van der Waals surface area contributed by atoms with Crippen LogP contribution in [0.25, 0.3) is 0 Å². The second kappa shape index (κ2) is 8.09. The van der Waals surface area contributed by atoms with Crippen LogP contribution in [0.15, 0.2) is 23.8 Å². The molecule has 0 aliphatic heterocycles. The van der Waals surface area contributed by atoms with E-state index in [1.54, 1.807) is 5.57 Å². The van der Waals surface area contributed by atoms with Crippen LogP contribution in [0, 0.1) is 58.2 Å². The molecule has 0 aromatic carbocycles. The second-order valence-corrected chi connectivity index (χ2v) is 12.7. The first-order chi connectivity index (χ1) is 14.1. The maximum Gasteiger partial charge on any atom is 0.0603 e. The van der Waals surface area contributed by atoms with E-state index in [2.05, 4.69) is 66.7 Å². The van der Waals surface area contributed by atoms with Gasteiger partial charge in [-0.1, -0.05) is 72.3 Å². The van der Waals surface area contributed by atoms with Gasteiger partial charge in [0.1, 0.15) is 0 Å². The maximum atomic E-state index is 10.5. The molecule has 0 aromatic rings. The molecule has 3 fully saturated rings. The van der Waals surface area contributed by atoms with Gasteiger partial charge in [0.25, 0.3) is 0 Å². The number of hydrogen-bond donors (Lipinski definition) is 1. The minimum atomic E-state index is -0.119. The lowest BCUT2D eigenvalue weighted by Gasteiger charge is -2.59. The first kappa shape index (κ1) is 22.6. The summed E-state index contributed by atoms with van der Waals surface area (Å²) in [6.07, 6.45) is 16.7. The zero-order valence-electron chi connectivity index (χ0n) is 20.8. The number of allylic oxidation sites excluding steroid dienone is 3. The highest BCUT2D eigenvalue weighted by molar-refractivity contribution is 5.27. The summed E-state index contributed by atoms with van der Waals surface area (Å²) in [6.45, 7) is 17.0. The van der Waals surface area contributed by atoms with E-state index in [-0.39, 0.29) is 6.10 Å². The van der Waals surface area contributed by atoms with Crippen LogP contribution in [0.5, 0.6) is 0 Å².